The van der Waals surface area contributed by atoms with E-state index in [4.69, 9.17) is 31.7 Å². The lowest BCUT2D eigenvalue weighted by Gasteiger charge is -2.11. The van der Waals surface area contributed by atoms with Crippen LogP contribution in [0, 0.1) is 0 Å². The van der Waals surface area contributed by atoms with Gasteiger partial charge in [0.25, 0.3) is 0 Å². The Morgan fingerprint density at radius 1 is 0.491 bits per heavy atom. The van der Waals surface area contributed by atoms with Crippen LogP contribution in [0.15, 0.2) is 186 Å². The first-order valence-electron chi connectivity index (χ1n) is 24.9. The van der Waals surface area contributed by atoms with E-state index < -0.39 is 36.3 Å². The minimum atomic E-state index is -0.508. The van der Waals surface area contributed by atoms with E-state index in [2.05, 4.69) is 0 Å². The Morgan fingerprint density at radius 3 is 2.09 bits per heavy atom. The van der Waals surface area contributed by atoms with E-state index in [0.29, 0.717) is 44.2 Å². The molecule has 0 N–H and O–H groups in total. The summed E-state index contributed by atoms with van der Waals surface area (Å²) < 4.78 is 134. The number of aromatic nitrogens is 4. The number of fused-ring (bicyclic) bond motifs is 10. The van der Waals surface area contributed by atoms with Gasteiger partial charge in [-0.3, -0.25) is 4.57 Å². The van der Waals surface area contributed by atoms with Gasteiger partial charge in [0.05, 0.1) is 30.2 Å². The van der Waals surface area contributed by atoms with Gasteiger partial charge in [0.15, 0.2) is 11.6 Å². The normalized spacial score (nSPS) is 15.3. The molecule has 0 spiro atoms. The maximum Gasteiger partial charge on any atom is 0.238 e. The fourth-order valence-electron chi connectivity index (χ4n) is 7.48. The third-order valence-corrected chi connectivity index (χ3v) is 11.2. The summed E-state index contributed by atoms with van der Waals surface area (Å²) in [6, 6.07) is 22.7. The summed E-state index contributed by atoms with van der Waals surface area (Å²) in [5.41, 5.74) is 2.79. The maximum atomic E-state index is 9.94. The molecule has 0 amide bonds. The van der Waals surface area contributed by atoms with E-state index in [1.54, 1.807) is 91.0 Å². The van der Waals surface area contributed by atoms with E-state index >= 15 is 0 Å². The molecule has 4 aromatic heterocycles. The number of benzene rings is 8. The summed E-state index contributed by atoms with van der Waals surface area (Å²) in [5.74, 6) is 0.180. The third kappa shape index (κ3) is 5.04. The highest BCUT2D eigenvalue weighted by Gasteiger charge is 2.22. The average Bonchev–Trinajstić information content (AvgIpc) is 4.09. The van der Waals surface area contributed by atoms with E-state index in [0.717, 1.165) is 11.3 Å². The molecule has 0 bridgehead atoms. The summed E-state index contributed by atoms with van der Waals surface area (Å²) in [7, 11) is 0. The van der Waals surface area contributed by atoms with Gasteiger partial charge in [-0.2, -0.15) is 9.97 Å². The third-order valence-electron chi connectivity index (χ3n) is 10.0. The largest absolute Gasteiger partial charge is 0.456 e. The molecule has 0 radical (unpaired) electrons. The van der Waals surface area contributed by atoms with Gasteiger partial charge in [-0.05, 0) is 58.6 Å². The Labute approximate surface area is 350 Å². The van der Waals surface area contributed by atoms with Crippen molar-refractivity contribution >= 4 is 75.3 Å². The molecule has 0 aliphatic rings. The number of hydrogen-bond acceptors (Lipinski definition) is 5. The fourth-order valence-corrected chi connectivity index (χ4v) is 8.60. The van der Waals surface area contributed by atoms with Gasteiger partial charge in [-0.1, -0.05) is 145 Å². The van der Waals surface area contributed by atoms with Gasteiger partial charge in [-0.15, -0.1) is 11.3 Å². The second kappa shape index (κ2) is 12.6. The van der Waals surface area contributed by atoms with Crippen molar-refractivity contribution in [2.75, 3.05) is 0 Å². The van der Waals surface area contributed by atoms with Crippen molar-refractivity contribution in [1.82, 2.24) is 19.5 Å². The summed E-state index contributed by atoms with van der Waals surface area (Å²) in [4.78, 5) is 15.0. The van der Waals surface area contributed by atoms with Gasteiger partial charge in [0.2, 0.25) is 5.95 Å². The van der Waals surface area contributed by atoms with E-state index in [-0.39, 0.29) is 119 Å². The molecule has 12 aromatic rings. The lowest BCUT2D eigenvalue weighted by atomic mass is 9.99. The van der Waals surface area contributed by atoms with Crippen LogP contribution >= 0.6 is 11.3 Å². The zero-order chi connectivity index (χ0) is 49.6. The Bertz CT molecular complexity index is 4320. The van der Waals surface area contributed by atoms with Gasteiger partial charge in [0, 0.05) is 52.8 Å². The van der Waals surface area contributed by atoms with E-state index in [1.807, 2.05) is 6.07 Å². The monoisotopic (exact) mass is 760 g/mol. The van der Waals surface area contributed by atoms with Crippen LogP contribution in [-0.4, -0.2) is 19.5 Å². The molecule has 0 fully saturated rings. The van der Waals surface area contributed by atoms with Crippen LogP contribution in [0.5, 0.6) is 0 Å². The molecule has 6 heteroatoms. The molecule has 8 aromatic carbocycles. The lowest BCUT2D eigenvalue weighted by molar-refractivity contribution is 0.669. The van der Waals surface area contributed by atoms with Gasteiger partial charge < -0.3 is 4.42 Å². The SMILES string of the molecule is [2H]c1c([2H])c([2H])c(-c2cccc3oc4cc(-c5nc(-c6ccccc6)nc(-n6c7c([2H])c(-c8ccccc8)c([2H])c([2H])c7c7c8sc9c([2H])c([2H])c([2H])c([2H])c9c8c([2H])c([2H])c76)n5)ccc4c23)c([2H])c1[2H]. The quantitative estimate of drug-likeness (QED) is 0.175. The van der Waals surface area contributed by atoms with Crippen molar-refractivity contribution in [1.29, 1.82) is 0 Å². The molecule has 0 saturated carbocycles. The number of nitrogens with zero attached hydrogens (tertiary/aromatic N) is 4. The standard InChI is InChI=1S/C51H30N4OS/c1-4-13-31(14-5-1)34-23-25-39-42(29-34)55(41-28-27-38-37-19-10-11-22-45(37)57-48(38)47(39)41)51-53-49(33-17-8-3-9-18-33)52-50(54-51)35-24-26-40-44(30-35)56-43-21-12-20-36(46(40)43)32-15-6-2-7-16-32/h1-30H/i2D,6D,7D,10D,11D,15D,16D,19D,22D,23D,25D,27D,28D,29D. The molecule has 0 aliphatic heterocycles. The summed E-state index contributed by atoms with van der Waals surface area (Å²) in [5, 5.41) is 1.47. The van der Waals surface area contributed by atoms with Gasteiger partial charge in [-0.25, -0.2) is 4.98 Å². The molecule has 5 nitrogen and oxygen atoms in total. The first kappa shape index (κ1) is 21.0. The molecular weight excluding hydrogens is 717 g/mol. The maximum absolute atomic E-state index is 9.94. The summed E-state index contributed by atoms with van der Waals surface area (Å²) in [6.45, 7) is 0. The van der Waals surface area contributed by atoms with Crippen LogP contribution < -0.4 is 0 Å². The molecule has 0 aliphatic carbocycles. The zero-order valence-electron chi connectivity index (χ0n) is 43.3. The number of hydrogen-bond donors (Lipinski definition) is 0. The van der Waals surface area contributed by atoms with Crippen molar-refractivity contribution in [2.45, 2.75) is 0 Å². The van der Waals surface area contributed by atoms with Crippen molar-refractivity contribution in [3.05, 3.63) is 182 Å². The van der Waals surface area contributed by atoms with Crippen LogP contribution in [0.4, 0.5) is 0 Å². The summed E-state index contributed by atoms with van der Waals surface area (Å²) >= 11 is 0.983. The molecule has 57 heavy (non-hydrogen) atoms. The zero-order valence-corrected chi connectivity index (χ0v) is 30.2. The molecule has 12 rings (SSSR count). The van der Waals surface area contributed by atoms with E-state index in [1.165, 1.54) is 4.57 Å². The first-order chi connectivity index (χ1) is 34.1. The van der Waals surface area contributed by atoms with E-state index in [9.17, 15) is 6.85 Å². The minimum absolute atomic E-state index is 0.00926. The van der Waals surface area contributed by atoms with Gasteiger partial charge in [0.1, 0.15) is 11.2 Å². The van der Waals surface area contributed by atoms with Crippen molar-refractivity contribution in [3.8, 4) is 51.0 Å². The van der Waals surface area contributed by atoms with Crippen LogP contribution in [0.1, 0.15) is 19.2 Å². The Morgan fingerprint density at radius 2 is 1.25 bits per heavy atom. The molecule has 0 atom stereocenters. The molecule has 0 unspecified atom stereocenters. The average molecular weight is 761 g/mol. The molecule has 0 saturated heterocycles. The molecular formula is C51H30N4OS. The van der Waals surface area contributed by atoms with Gasteiger partial charge >= 0.3 is 0 Å². The number of furan rings is 1. The number of thiophene rings is 1. The molecule has 266 valence electrons. The van der Waals surface area contributed by atoms with Crippen LogP contribution in [0.25, 0.3) is 115 Å². The Hall–Kier alpha value is -7.41. The topological polar surface area (TPSA) is 56.7 Å². The highest BCUT2D eigenvalue weighted by atomic mass is 32.1. The Balaban J connectivity index is 1.19. The second-order valence-corrected chi connectivity index (χ2v) is 14.3. The molecule has 4 heterocycles. The minimum Gasteiger partial charge on any atom is -0.456 e. The highest BCUT2D eigenvalue weighted by Crippen LogP contribution is 2.44. The van der Waals surface area contributed by atoms with Crippen LogP contribution in [0.2, 0.25) is 0 Å². The Kier molecular flexibility index (Phi) is 4.64. The van der Waals surface area contributed by atoms with Crippen molar-refractivity contribution in [3.63, 3.8) is 0 Å². The highest BCUT2D eigenvalue weighted by molar-refractivity contribution is 7.26. The fraction of sp³-hybridized carbons (Fsp3) is 0. The first-order valence-corrected chi connectivity index (χ1v) is 18.7. The van der Waals surface area contributed by atoms with Crippen LogP contribution in [-0.2, 0) is 0 Å². The predicted molar refractivity (Wildman–Crippen MR) is 236 cm³/mol. The van der Waals surface area contributed by atoms with Crippen molar-refractivity contribution < 1.29 is 23.6 Å². The number of rotatable bonds is 5. The lowest BCUT2D eigenvalue weighted by Crippen LogP contribution is -2.06. The second-order valence-electron chi connectivity index (χ2n) is 13.3. The predicted octanol–water partition coefficient (Wildman–Crippen LogP) is 13.9. The van der Waals surface area contributed by atoms with Crippen molar-refractivity contribution in [2.24, 2.45) is 0 Å². The van der Waals surface area contributed by atoms with Crippen LogP contribution in [0.3, 0.4) is 0 Å². The summed E-state index contributed by atoms with van der Waals surface area (Å²) in [6.07, 6.45) is 0. The smallest absolute Gasteiger partial charge is 0.238 e.